The summed E-state index contributed by atoms with van der Waals surface area (Å²) in [6, 6.07) is 0. The lowest BCUT2D eigenvalue weighted by atomic mass is 9.97. The second-order valence-electron chi connectivity index (χ2n) is 6.98. The van der Waals surface area contributed by atoms with E-state index < -0.39 is 0 Å². The Morgan fingerprint density at radius 3 is 2.84 bits per heavy atom. The van der Waals surface area contributed by atoms with Crippen molar-refractivity contribution in [2.75, 3.05) is 26.2 Å². The Kier molecular flexibility index (Phi) is 4.52. The van der Waals surface area contributed by atoms with Crippen molar-refractivity contribution in [2.45, 2.75) is 38.1 Å². The van der Waals surface area contributed by atoms with Gasteiger partial charge >= 0.3 is 0 Å². The molecule has 25 heavy (non-hydrogen) atoms. The van der Waals surface area contributed by atoms with Gasteiger partial charge < -0.3 is 13.9 Å². The Labute approximate surface area is 146 Å². The van der Waals surface area contributed by atoms with Crippen LogP contribution in [0.1, 0.15) is 53.7 Å². The lowest BCUT2D eigenvalue weighted by molar-refractivity contribution is 0.0697. The summed E-state index contributed by atoms with van der Waals surface area (Å²) in [5.74, 6) is 2.14. The second-order valence-corrected chi connectivity index (χ2v) is 6.98. The van der Waals surface area contributed by atoms with E-state index in [2.05, 4.69) is 24.6 Å². The zero-order chi connectivity index (χ0) is 17.2. The summed E-state index contributed by atoms with van der Waals surface area (Å²) in [5.41, 5.74) is 0.369. The fraction of sp³-hybridized carbons (Fsp3) is 0.647. The zero-order valence-electron chi connectivity index (χ0n) is 14.6. The van der Waals surface area contributed by atoms with Gasteiger partial charge in [0.25, 0.3) is 5.91 Å². The monoisotopic (exact) mass is 344 g/mol. The van der Waals surface area contributed by atoms with Gasteiger partial charge in [0, 0.05) is 26.1 Å². The Bertz CT molecular complexity index is 720. The highest BCUT2D eigenvalue weighted by Gasteiger charge is 2.30. The number of nitrogens with zero attached hydrogens (tertiary/aromatic N) is 6. The highest BCUT2D eigenvalue weighted by atomic mass is 16.3. The van der Waals surface area contributed by atoms with Crippen molar-refractivity contribution in [2.24, 2.45) is 7.05 Å². The molecular formula is C17H24N6O2. The van der Waals surface area contributed by atoms with Gasteiger partial charge in [-0.05, 0) is 38.8 Å². The highest BCUT2D eigenvalue weighted by molar-refractivity contribution is 5.92. The van der Waals surface area contributed by atoms with Gasteiger partial charge in [0.2, 0.25) is 0 Å². The number of piperidine rings is 1. The fourth-order valence-corrected chi connectivity index (χ4v) is 3.86. The molecule has 0 aliphatic carbocycles. The lowest BCUT2D eigenvalue weighted by Crippen LogP contribution is -2.39. The number of rotatable bonds is 4. The molecule has 2 aliphatic heterocycles. The number of aromatic nitrogens is 4. The van der Waals surface area contributed by atoms with Gasteiger partial charge in [0.15, 0.2) is 12.1 Å². The summed E-state index contributed by atoms with van der Waals surface area (Å²) in [5, 5.41) is 8.87. The van der Waals surface area contributed by atoms with Gasteiger partial charge in [-0.3, -0.25) is 9.69 Å². The first kappa shape index (κ1) is 16.3. The number of hydrogen-bond acceptors (Lipinski definition) is 6. The van der Waals surface area contributed by atoms with E-state index in [1.165, 1.54) is 25.5 Å². The third-order valence-corrected chi connectivity index (χ3v) is 5.29. The van der Waals surface area contributed by atoms with Gasteiger partial charge in [-0.15, -0.1) is 10.2 Å². The molecule has 1 atom stereocenters. The summed E-state index contributed by atoms with van der Waals surface area (Å²) >= 11 is 0. The van der Waals surface area contributed by atoms with Crippen molar-refractivity contribution in [3.8, 4) is 0 Å². The molecule has 4 heterocycles. The van der Waals surface area contributed by atoms with E-state index in [9.17, 15) is 4.79 Å². The van der Waals surface area contributed by atoms with Crippen molar-refractivity contribution in [1.29, 1.82) is 0 Å². The minimum atomic E-state index is -0.0714. The van der Waals surface area contributed by atoms with Crippen LogP contribution in [0.5, 0.6) is 0 Å². The zero-order valence-corrected chi connectivity index (χ0v) is 14.6. The van der Waals surface area contributed by atoms with Crippen molar-refractivity contribution in [1.82, 2.24) is 29.5 Å². The van der Waals surface area contributed by atoms with E-state index in [4.69, 9.17) is 4.42 Å². The van der Waals surface area contributed by atoms with Crippen LogP contribution in [0.2, 0.25) is 0 Å². The molecule has 4 rings (SSSR count). The molecule has 134 valence electrons. The average Bonchev–Trinajstić information content (AvgIpc) is 3.38. The van der Waals surface area contributed by atoms with Gasteiger partial charge in [0.1, 0.15) is 17.9 Å². The number of amides is 1. The van der Waals surface area contributed by atoms with Gasteiger partial charge in [-0.1, -0.05) is 0 Å². The normalized spacial score (nSPS) is 21.8. The number of carbonyl (C=O) groups excluding carboxylic acids is 1. The molecule has 8 nitrogen and oxygen atoms in total. The number of oxazole rings is 1. The van der Waals surface area contributed by atoms with E-state index in [1.54, 1.807) is 0 Å². The molecule has 2 aliphatic rings. The van der Waals surface area contributed by atoms with Crippen LogP contribution in [-0.2, 0) is 13.6 Å². The molecule has 2 aromatic rings. The molecule has 2 fully saturated rings. The molecular weight excluding hydrogens is 320 g/mol. The summed E-state index contributed by atoms with van der Waals surface area (Å²) in [6.07, 6.45) is 7.23. The van der Waals surface area contributed by atoms with Crippen molar-refractivity contribution < 1.29 is 9.21 Å². The Morgan fingerprint density at radius 2 is 2.08 bits per heavy atom. The van der Waals surface area contributed by atoms with Gasteiger partial charge in [-0.2, -0.15) is 0 Å². The molecule has 0 aromatic carbocycles. The van der Waals surface area contributed by atoms with Crippen LogP contribution in [0.15, 0.2) is 17.1 Å². The molecule has 0 radical (unpaired) electrons. The van der Waals surface area contributed by atoms with E-state index in [0.29, 0.717) is 12.2 Å². The Balaban J connectivity index is 1.46. The number of likely N-dealkylation sites (tertiary alicyclic amines) is 2. The highest BCUT2D eigenvalue weighted by Crippen LogP contribution is 2.27. The SMILES string of the molecule is Cn1c(CN2CCCC2)nnc1C1CCCN(C(=O)c2cocn2)C1. The van der Waals surface area contributed by atoms with Crippen LogP contribution in [0.3, 0.4) is 0 Å². The molecule has 0 N–H and O–H groups in total. The molecule has 2 saturated heterocycles. The first-order valence-electron chi connectivity index (χ1n) is 9.00. The first-order valence-corrected chi connectivity index (χ1v) is 9.00. The molecule has 8 heteroatoms. The van der Waals surface area contributed by atoms with E-state index in [1.807, 2.05) is 11.9 Å². The van der Waals surface area contributed by atoms with Crippen LogP contribution < -0.4 is 0 Å². The van der Waals surface area contributed by atoms with E-state index in [0.717, 1.165) is 50.7 Å². The fourth-order valence-electron chi connectivity index (χ4n) is 3.86. The van der Waals surface area contributed by atoms with Crippen molar-refractivity contribution >= 4 is 5.91 Å². The molecule has 0 spiro atoms. The Morgan fingerprint density at radius 1 is 1.24 bits per heavy atom. The van der Waals surface area contributed by atoms with Crippen LogP contribution >= 0.6 is 0 Å². The molecule has 1 amide bonds. The molecule has 0 saturated carbocycles. The van der Waals surface area contributed by atoms with Gasteiger partial charge in [0.05, 0.1) is 6.54 Å². The summed E-state index contributed by atoms with van der Waals surface area (Å²) in [6.45, 7) is 4.55. The van der Waals surface area contributed by atoms with Gasteiger partial charge in [-0.25, -0.2) is 4.98 Å². The van der Waals surface area contributed by atoms with Crippen LogP contribution in [0, 0.1) is 0 Å². The molecule has 2 aromatic heterocycles. The summed E-state index contributed by atoms with van der Waals surface area (Å²) in [4.78, 5) is 20.8. The average molecular weight is 344 g/mol. The maximum absolute atomic E-state index is 12.5. The van der Waals surface area contributed by atoms with Crippen molar-refractivity contribution in [3.63, 3.8) is 0 Å². The number of carbonyl (C=O) groups is 1. The summed E-state index contributed by atoms with van der Waals surface area (Å²) < 4.78 is 7.05. The smallest absolute Gasteiger partial charge is 0.275 e. The van der Waals surface area contributed by atoms with Crippen LogP contribution in [0.25, 0.3) is 0 Å². The quantitative estimate of drug-likeness (QED) is 0.834. The minimum Gasteiger partial charge on any atom is -0.451 e. The predicted molar refractivity (Wildman–Crippen MR) is 89.9 cm³/mol. The third-order valence-electron chi connectivity index (χ3n) is 5.29. The van der Waals surface area contributed by atoms with Crippen molar-refractivity contribution in [3.05, 3.63) is 30.0 Å². The summed E-state index contributed by atoms with van der Waals surface area (Å²) in [7, 11) is 2.04. The standard InChI is InChI=1S/C17H24N6O2/c1-21-15(10-22-6-2-3-7-22)19-20-16(21)13-5-4-8-23(9-13)17(24)14-11-25-12-18-14/h11-13H,2-10H2,1H3. The largest absolute Gasteiger partial charge is 0.451 e. The third kappa shape index (κ3) is 3.30. The second kappa shape index (κ2) is 6.95. The van der Waals surface area contributed by atoms with Crippen LogP contribution in [0.4, 0.5) is 0 Å². The first-order chi connectivity index (χ1) is 12.2. The maximum Gasteiger partial charge on any atom is 0.275 e. The topological polar surface area (TPSA) is 80.3 Å². The predicted octanol–water partition coefficient (Wildman–Crippen LogP) is 1.42. The number of hydrogen-bond donors (Lipinski definition) is 0. The van der Waals surface area contributed by atoms with Crippen LogP contribution in [-0.4, -0.2) is 61.6 Å². The molecule has 1 unspecified atom stereocenters. The minimum absolute atomic E-state index is 0.0714. The van der Waals surface area contributed by atoms with E-state index >= 15 is 0 Å². The Hall–Kier alpha value is -2.22. The van der Waals surface area contributed by atoms with E-state index in [-0.39, 0.29) is 11.8 Å². The molecule has 0 bridgehead atoms. The maximum atomic E-state index is 12.5. The lowest BCUT2D eigenvalue weighted by Gasteiger charge is -2.31.